The molecule has 0 spiro atoms. The highest BCUT2D eigenvalue weighted by atomic mass is 32.1. The first-order valence-electron chi connectivity index (χ1n) is 14.1. The van der Waals surface area contributed by atoms with Crippen LogP contribution in [0.3, 0.4) is 0 Å². The van der Waals surface area contributed by atoms with Gasteiger partial charge in [-0.25, -0.2) is 0 Å². The van der Waals surface area contributed by atoms with Crippen molar-refractivity contribution in [2.75, 3.05) is 49.1 Å². The minimum atomic E-state index is -0.125. The van der Waals surface area contributed by atoms with Crippen LogP contribution in [0.25, 0.3) is 10.1 Å². The van der Waals surface area contributed by atoms with Gasteiger partial charge in [-0.1, -0.05) is 64.8 Å². The maximum absolute atomic E-state index is 13.2. The highest BCUT2D eigenvalue weighted by molar-refractivity contribution is 7.13. The van der Waals surface area contributed by atoms with Gasteiger partial charge >= 0.3 is 0 Å². The van der Waals surface area contributed by atoms with E-state index >= 15 is 0 Å². The van der Waals surface area contributed by atoms with Crippen molar-refractivity contribution in [3.05, 3.63) is 53.1 Å². The van der Waals surface area contributed by atoms with E-state index in [0.29, 0.717) is 12.3 Å². The number of amides is 1. The number of rotatable bonds is 8. The van der Waals surface area contributed by atoms with Crippen LogP contribution in [0.4, 0.5) is 11.5 Å². The van der Waals surface area contributed by atoms with Gasteiger partial charge in [0.15, 0.2) is 0 Å². The molecule has 2 aromatic carbocycles. The molecule has 37 heavy (non-hydrogen) atoms. The lowest BCUT2D eigenvalue weighted by molar-refractivity contribution is -0.120. The minimum absolute atomic E-state index is 0.125. The molecular formula is C31H42N4OS. The van der Waals surface area contributed by atoms with E-state index in [4.69, 9.17) is 4.37 Å². The molecule has 3 aromatic rings. The summed E-state index contributed by atoms with van der Waals surface area (Å²) in [5.74, 6) is 1.99. The third-order valence-electron chi connectivity index (χ3n) is 8.60. The molecule has 198 valence electrons. The maximum Gasteiger partial charge on any atom is 0.227 e. The second-order valence-corrected chi connectivity index (χ2v) is 12.4. The summed E-state index contributed by atoms with van der Waals surface area (Å²) >= 11 is 1.60. The number of nitrogens with zero attached hydrogens (tertiary/aromatic N) is 4. The van der Waals surface area contributed by atoms with E-state index in [-0.39, 0.29) is 11.3 Å². The van der Waals surface area contributed by atoms with Gasteiger partial charge < -0.3 is 9.80 Å². The average molecular weight is 519 g/mol. The molecule has 5 rings (SSSR count). The lowest BCUT2D eigenvalue weighted by atomic mass is 9.75. The van der Waals surface area contributed by atoms with Crippen molar-refractivity contribution in [1.82, 2.24) is 9.27 Å². The van der Waals surface area contributed by atoms with Crippen LogP contribution in [-0.4, -0.2) is 54.4 Å². The number of aryl methyl sites for hydroxylation is 1. The number of hydrogen-bond donors (Lipinski definition) is 0. The first kappa shape index (κ1) is 26.2. The lowest BCUT2D eigenvalue weighted by Crippen LogP contribution is -2.47. The summed E-state index contributed by atoms with van der Waals surface area (Å²) in [6, 6.07) is 13.3. The Morgan fingerprint density at radius 2 is 1.78 bits per heavy atom. The monoisotopic (exact) mass is 518 g/mol. The number of fused-ring (bicyclic) bond motifs is 2. The molecule has 2 aliphatic rings. The van der Waals surface area contributed by atoms with Crippen molar-refractivity contribution < 1.29 is 4.79 Å². The molecule has 1 fully saturated rings. The molecule has 1 amide bonds. The Balaban J connectivity index is 1.26. The molecular weight excluding hydrogens is 476 g/mol. The highest BCUT2D eigenvalue weighted by Crippen LogP contribution is 2.43. The van der Waals surface area contributed by atoms with Crippen molar-refractivity contribution in [3.8, 4) is 0 Å². The number of hydrogen-bond acceptors (Lipinski definition) is 5. The first-order valence-corrected chi connectivity index (χ1v) is 14.8. The number of piperazine rings is 1. The van der Waals surface area contributed by atoms with E-state index in [1.54, 1.807) is 11.5 Å². The fourth-order valence-electron chi connectivity index (χ4n) is 6.14. The Bertz CT molecular complexity index is 1250. The molecule has 1 aromatic heterocycles. The zero-order valence-electron chi connectivity index (χ0n) is 23.2. The van der Waals surface area contributed by atoms with Crippen molar-refractivity contribution in [1.29, 1.82) is 0 Å². The molecule has 3 heterocycles. The van der Waals surface area contributed by atoms with Gasteiger partial charge in [0.2, 0.25) is 5.91 Å². The van der Waals surface area contributed by atoms with Crippen LogP contribution in [0.5, 0.6) is 0 Å². The van der Waals surface area contributed by atoms with Gasteiger partial charge in [0, 0.05) is 56.5 Å². The van der Waals surface area contributed by atoms with Crippen molar-refractivity contribution in [2.24, 2.45) is 5.92 Å². The highest BCUT2D eigenvalue weighted by Gasteiger charge is 2.38. The zero-order chi connectivity index (χ0) is 26.2. The smallest absolute Gasteiger partial charge is 0.227 e. The van der Waals surface area contributed by atoms with Crippen LogP contribution >= 0.6 is 11.5 Å². The third-order valence-corrected chi connectivity index (χ3v) is 9.41. The van der Waals surface area contributed by atoms with Gasteiger partial charge in [0.05, 0.1) is 10.4 Å². The Hall–Kier alpha value is -2.44. The van der Waals surface area contributed by atoms with Crippen LogP contribution in [0.2, 0.25) is 0 Å². The Labute approximate surface area is 226 Å². The number of carbonyl (C=O) groups is 1. The molecule has 1 saturated heterocycles. The summed E-state index contributed by atoms with van der Waals surface area (Å²) in [5.41, 5.74) is 5.06. The van der Waals surface area contributed by atoms with Gasteiger partial charge in [0.1, 0.15) is 5.82 Å². The molecule has 5 nitrogen and oxygen atoms in total. The second-order valence-electron chi connectivity index (χ2n) is 11.6. The van der Waals surface area contributed by atoms with Crippen LogP contribution < -0.4 is 9.80 Å². The standard InChI is InChI=1S/C31H42N4OS/c1-6-23(7-2)21-35-28(36)20-31(4,5)26-19-24(18-22(3)29(26)35)12-13-33-14-16-34(17-15-33)30-25-10-8-9-11-27(25)37-32-30/h8-11,18-19,23H,6-7,12-17,20-21H2,1-5H3. The topological polar surface area (TPSA) is 39.7 Å². The molecule has 0 radical (unpaired) electrons. The first-order chi connectivity index (χ1) is 17.8. The summed E-state index contributed by atoms with van der Waals surface area (Å²) in [7, 11) is 0. The fraction of sp³-hybridized carbons (Fsp3) is 0.548. The minimum Gasteiger partial charge on any atom is -0.353 e. The van der Waals surface area contributed by atoms with Crippen LogP contribution in [-0.2, 0) is 16.6 Å². The van der Waals surface area contributed by atoms with Gasteiger partial charge in [-0.2, -0.15) is 4.37 Å². The third kappa shape index (κ3) is 5.28. The molecule has 0 aliphatic carbocycles. The quantitative estimate of drug-likeness (QED) is 0.345. The van der Waals surface area contributed by atoms with Crippen molar-refractivity contribution >= 4 is 39.0 Å². The predicted molar refractivity (Wildman–Crippen MR) is 157 cm³/mol. The van der Waals surface area contributed by atoms with Crippen LogP contribution in [0.1, 0.15) is 63.6 Å². The molecule has 0 atom stereocenters. The normalized spacial score (nSPS) is 18.2. The van der Waals surface area contributed by atoms with E-state index in [1.165, 1.54) is 32.5 Å². The number of benzene rings is 2. The number of anilines is 2. The van der Waals surface area contributed by atoms with Crippen molar-refractivity contribution in [3.63, 3.8) is 0 Å². The SMILES string of the molecule is CCC(CC)CN1C(=O)CC(C)(C)c2cc(CCN3CCN(c4nsc5ccccc45)CC3)cc(C)c21. The second kappa shape index (κ2) is 10.7. The van der Waals surface area contributed by atoms with E-state index in [2.05, 4.69) is 85.7 Å². The number of aromatic nitrogens is 1. The summed E-state index contributed by atoms with van der Waals surface area (Å²) < 4.78 is 6.03. The largest absolute Gasteiger partial charge is 0.353 e. The molecule has 6 heteroatoms. The Morgan fingerprint density at radius 3 is 2.51 bits per heavy atom. The van der Waals surface area contributed by atoms with Gasteiger partial charge in [-0.15, -0.1) is 0 Å². The van der Waals surface area contributed by atoms with Gasteiger partial charge in [-0.3, -0.25) is 9.69 Å². The zero-order valence-corrected chi connectivity index (χ0v) is 24.0. The van der Waals surface area contributed by atoms with Crippen LogP contribution in [0.15, 0.2) is 36.4 Å². The maximum atomic E-state index is 13.2. The van der Waals surface area contributed by atoms with Gasteiger partial charge in [-0.05, 0) is 59.6 Å². The van der Waals surface area contributed by atoms with Crippen molar-refractivity contribution in [2.45, 2.75) is 65.7 Å². The van der Waals surface area contributed by atoms with Gasteiger partial charge in [0.25, 0.3) is 0 Å². The van der Waals surface area contributed by atoms with E-state index in [0.717, 1.165) is 64.3 Å². The predicted octanol–water partition coefficient (Wildman–Crippen LogP) is 6.42. The Morgan fingerprint density at radius 1 is 1.05 bits per heavy atom. The summed E-state index contributed by atoms with van der Waals surface area (Å²) in [6.07, 6.45) is 3.87. The summed E-state index contributed by atoms with van der Waals surface area (Å²) in [6.45, 7) is 17.3. The Kier molecular flexibility index (Phi) is 7.60. The van der Waals surface area contributed by atoms with E-state index in [9.17, 15) is 4.79 Å². The fourth-order valence-corrected chi connectivity index (χ4v) is 6.93. The molecule has 0 N–H and O–H groups in total. The summed E-state index contributed by atoms with van der Waals surface area (Å²) in [5, 5.41) is 1.28. The molecule has 2 aliphatic heterocycles. The molecule has 0 unspecified atom stereocenters. The number of carbonyl (C=O) groups excluding carboxylic acids is 1. The molecule has 0 bridgehead atoms. The van der Waals surface area contributed by atoms with E-state index in [1.807, 2.05) is 0 Å². The van der Waals surface area contributed by atoms with Crippen LogP contribution in [0, 0.1) is 12.8 Å². The molecule has 0 saturated carbocycles. The lowest BCUT2D eigenvalue weighted by Gasteiger charge is -2.41. The average Bonchev–Trinajstić information content (AvgIpc) is 3.32. The summed E-state index contributed by atoms with van der Waals surface area (Å²) in [4.78, 5) is 20.4. The van der Waals surface area contributed by atoms with E-state index < -0.39 is 0 Å².